The predicted molar refractivity (Wildman–Crippen MR) is 72.8 cm³/mol. The van der Waals surface area contributed by atoms with Crippen molar-refractivity contribution < 1.29 is 9.85 Å². The standard InChI is InChI=1S/C11H7N5O6/c12-10(11(15(19)20)16(21)22)14-13-7-8(17)5-3-1-2-4-6(5)9(7)18/h1-4,14H,12H2. The summed E-state index contributed by atoms with van der Waals surface area (Å²) >= 11 is 0. The largest absolute Gasteiger partial charge is 0.600 e. The fraction of sp³-hybridized carbons (Fsp3) is 0. The second kappa shape index (κ2) is 5.40. The molecule has 0 bridgehead atoms. The van der Waals surface area contributed by atoms with Crippen LogP contribution >= 0.6 is 0 Å². The smallest absolute Gasteiger partial charge is 0.372 e. The summed E-state index contributed by atoms with van der Waals surface area (Å²) in [5.74, 6) is -2.54. The normalized spacial score (nSPS) is 10.2. The maximum absolute atomic E-state index is 11.9. The van der Waals surface area contributed by atoms with Crippen molar-refractivity contribution in [3.63, 3.8) is 0 Å². The average Bonchev–Trinajstić information content (AvgIpc) is 2.69. The van der Waals surface area contributed by atoms with Crippen LogP contribution in [-0.4, -0.2) is 9.85 Å². The Morgan fingerprint density at radius 1 is 1.05 bits per heavy atom. The minimum absolute atomic E-state index is 0.124. The first kappa shape index (κ1) is 14.8. The van der Waals surface area contributed by atoms with E-state index in [1.165, 1.54) is 12.1 Å². The van der Waals surface area contributed by atoms with Crippen LogP contribution in [-0.2, 0) is 0 Å². The first-order chi connectivity index (χ1) is 10.3. The summed E-state index contributed by atoms with van der Waals surface area (Å²) in [6.07, 6.45) is 0. The van der Waals surface area contributed by atoms with Crippen molar-refractivity contribution in [2.45, 2.75) is 0 Å². The van der Waals surface area contributed by atoms with Gasteiger partial charge in [0.2, 0.25) is 10.9 Å². The van der Waals surface area contributed by atoms with Gasteiger partial charge in [0.1, 0.15) is 9.85 Å². The van der Waals surface area contributed by atoms with Crippen molar-refractivity contribution in [2.75, 3.05) is 0 Å². The zero-order chi connectivity index (χ0) is 16.4. The molecule has 3 N–H and O–H groups in total. The number of nitrogens with one attached hydrogen (secondary N) is 1. The molecule has 0 spiro atoms. The molecule has 0 saturated heterocycles. The molecule has 0 amide bonds. The molecule has 11 nitrogen and oxygen atoms in total. The second-order valence-electron chi connectivity index (χ2n) is 4.03. The number of rotatable bonds is 4. The topological polar surface area (TPSA) is 171 Å². The summed E-state index contributed by atoms with van der Waals surface area (Å²) < 4.78 is 0. The van der Waals surface area contributed by atoms with Crippen molar-refractivity contribution in [3.8, 4) is 0 Å². The highest BCUT2D eigenvalue weighted by molar-refractivity contribution is 5.83. The number of hydrogen-bond acceptors (Lipinski definition) is 9. The van der Waals surface area contributed by atoms with E-state index in [0.717, 1.165) is 0 Å². The molecular formula is C11H7N5O6. The van der Waals surface area contributed by atoms with Crippen LogP contribution in [0, 0.1) is 20.2 Å². The Morgan fingerprint density at radius 2 is 1.50 bits per heavy atom. The summed E-state index contributed by atoms with van der Waals surface area (Å²) in [5, 5.41) is 24.0. The van der Waals surface area contributed by atoms with E-state index in [-0.39, 0.29) is 10.8 Å². The van der Waals surface area contributed by atoms with Crippen molar-refractivity contribution in [2.24, 2.45) is 10.8 Å². The second-order valence-corrected chi connectivity index (χ2v) is 4.03. The molecule has 2 aromatic carbocycles. The van der Waals surface area contributed by atoms with Gasteiger partial charge >= 0.3 is 5.82 Å². The molecule has 0 aliphatic heterocycles. The molecular weight excluding hydrogens is 298 g/mol. The number of nitro groups is 2. The maximum atomic E-state index is 11.9. The number of nitrogens with two attached hydrogens (primary N) is 1. The van der Waals surface area contributed by atoms with Gasteiger partial charge in [0.15, 0.2) is 5.36 Å². The van der Waals surface area contributed by atoms with E-state index < -0.39 is 37.7 Å². The number of benzene rings is 1. The van der Waals surface area contributed by atoms with Crippen LogP contribution in [0.25, 0.3) is 10.8 Å². The van der Waals surface area contributed by atoms with E-state index in [1.807, 2.05) is 0 Å². The van der Waals surface area contributed by atoms with Gasteiger partial charge in [0.05, 0.1) is 0 Å². The third-order valence-corrected chi connectivity index (χ3v) is 2.72. The van der Waals surface area contributed by atoms with Gasteiger partial charge in [-0.3, -0.25) is 35.2 Å². The van der Waals surface area contributed by atoms with E-state index in [2.05, 4.69) is 5.10 Å². The quantitative estimate of drug-likeness (QED) is 0.506. The van der Waals surface area contributed by atoms with Gasteiger partial charge < -0.3 is 5.73 Å². The molecule has 0 fully saturated rings. The molecule has 2 aromatic rings. The van der Waals surface area contributed by atoms with Crippen molar-refractivity contribution in [1.29, 1.82) is 0 Å². The maximum Gasteiger partial charge on any atom is 0.600 e. The van der Waals surface area contributed by atoms with Gasteiger partial charge in [-0.25, -0.2) is 0 Å². The van der Waals surface area contributed by atoms with Crippen molar-refractivity contribution in [3.05, 3.63) is 81.9 Å². The monoisotopic (exact) mass is 305 g/mol. The van der Waals surface area contributed by atoms with Gasteiger partial charge in [0.25, 0.3) is 5.82 Å². The summed E-state index contributed by atoms with van der Waals surface area (Å²) in [7, 11) is 0. The van der Waals surface area contributed by atoms with Crippen LogP contribution in [0.1, 0.15) is 0 Å². The van der Waals surface area contributed by atoms with Gasteiger partial charge in [-0.15, -0.1) is 0 Å². The van der Waals surface area contributed by atoms with Crippen LogP contribution in [0.3, 0.4) is 0 Å². The molecule has 112 valence electrons. The molecule has 0 saturated carbocycles. The highest BCUT2D eigenvalue weighted by Gasteiger charge is 2.31. The third kappa shape index (κ3) is 2.37. The minimum atomic E-state index is -1.54. The Morgan fingerprint density at radius 3 is 1.91 bits per heavy atom. The summed E-state index contributed by atoms with van der Waals surface area (Å²) in [5.41, 5.74) is 5.54. The molecule has 0 aliphatic rings. The molecule has 0 aromatic heterocycles. The summed E-state index contributed by atoms with van der Waals surface area (Å²) in [6, 6.07) is 5.92. The molecule has 0 radical (unpaired) electrons. The molecule has 2 rings (SSSR count). The molecule has 0 aliphatic carbocycles. The van der Waals surface area contributed by atoms with Gasteiger partial charge in [-0.1, -0.05) is 24.3 Å². The van der Waals surface area contributed by atoms with Crippen LogP contribution in [0.5, 0.6) is 0 Å². The van der Waals surface area contributed by atoms with Crippen LogP contribution in [0.4, 0.5) is 0 Å². The lowest BCUT2D eigenvalue weighted by Gasteiger charge is -1.95. The van der Waals surface area contributed by atoms with Crippen LogP contribution in [0.2, 0.25) is 0 Å². The number of hydrogen-bond donors (Lipinski definition) is 2. The van der Waals surface area contributed by atoms with E-state index >= 15 is 0 Å². The molecule has 0 unspecified atom stereocenters. The zero-order valence-corrected chi connectivity index (χ0v) is 10.7. The third-order valence-electron chi connectivity index (χ3n) is 2.72. The molecule has 11 heteroatoms. The Hall–Kier alpha value is -3.63. The summed E-state index contributed by atoms with van der Waals surface area (Å²) in [4.78, 5) is 42.2. The highest BCUT2D eigenvalue weighted by Crippen LogP contribution is 2.02. The van der Waals surface area contributed by atoms with E-state index in [4.69, 9.17) is 5.73 Å². The first-order valence-electron chi connectivity index (χ1n) is 5.65. The molecule has 0 atom stereocenters. The van der Waals surface area contributed by atoms with E-state index in [1.54, 1.807) is 17.6 Å². The van der Waals surface area contributed by atoms with Crippen LogP contribution in [0.15, 0.2) is 50.6 Å². The highest BCUT2D eigenvalue weighted by atomic mass is 16.7. The van der Waals surface area contributed by atoms with Crippen LogP contribution < -0.4 is 27.4 Å². The Balaban J connectivity index is 2.59. The van der Waals surface area contributed by atoms with E-state index in [0.29, 0.717) is 0 Å². The fourth-order valence-electron chi connectivity index (χ4n) is 1.77. The van der Waals surface area contributed by atoms with Crippen molar-refractivity contribution >= 4 is 10.8 Å². The predicted octanol–water partition coefficient (Wildman–Crippen LogP) is -1.52. The number of nitrogens with zero attached hydrogens (tertiary/aromatic N) is 3. The average molecular weight is 305 g/mol. The first-order valence-corrected chi connectivity index (χ1v) is 5.65. The minimum Gasteiger partial charge on any atom is -0.372 e. The Kier molecular flexibility index (Phi) is 3.62. The zero-order valence-electron chi connectivity index (χ0n) is 10.7. The SMILES string of the molecule is NC(NN=c1c(=O)c2ccccc2c1=O)=C([N+](=O)[O-])[N+](=O)[O-]. The Labute approximate surface area is 120 Å². The van der Waals surface area contributed by atoms with Gasteiger partial charge in [-0.2, -0.15) is 5.10 Å². The lowest BCUT2D eigenvalue weighted by atomic mass is 10.2. The lowest BCUT2D eigenvalue weighted by Crippen LogP contribution is -2.35. The molecule has 22 heavy (non-hydrogen) atoms. The Bertz CT molecular complexity index is 903. The summed E-state index contributed by atoms with van der Waals surface area (Å²) in [6.45, 7) is 0. The number of fused-ring (bicyclic) bond motifs is 1. The van der Waals surface area contributed by atoms with Gasteiger partial charge in [0, 0.05) is 10.8 Å². The lowest BCUT2D eigenvalue weighted by molar-refractivity contribution is -0.617. The molecule has 0 heterocycles. The fourth-order valence-corrected chi connectivity index (χ4v) is 1.77. The van der Waals surface area contributed by atoms with Crippen molar-refractivity contribution in [1.82, 2.24) is 5.43 Å². The van der Waals surface area contributed by atoms with E-state index in [9.17, 15) is 29.8 Å². The van der Waals surface area contributed by atoms with Gasteiger partial charge in [-0.05, 0) is 0 Å².